The smallest absolute Gasteiger partial charge is 0.0967 e. The molecule has 0 radical (unpaired) electrons. The van der Waals surface area contributed by atoms with Crippen molar-refractivity contribution < 1.29 is 0 Å². The normalized spacial score (nSPS) is 27.2. The van der Waals surface area contributed by atoms with Crippen molar-refractivity contribution in [2.24, 2.45) is 4.99 Å². The maximum Gasteiger partial charge on any atom is 0.0967 e. The molecule has 0 aromatic rings. The highest BCUT2D eigenvalue weighted by Gasteiger charge is 2.32. The third-order valence-corrected chi connectivity index (χ3v) is 3.03. The Balaban J connectivity index is 1.88. The zero-order valence-electron chi connectivity index (χ0n) is 7.90. The Hall–Kier alpha value is -0.530. The Labute approximate surface area is 74.5 Å². The van der Waals surface area contributed by atoms with Crippen molar-refractivity contribution >= 4 is 5.84 Å². The van der Waals surface area contributed by atoms with Crippen molar-refractivity contribution in [3.8, 4) is 0 Å². The van der Waals surface area contributed by atoms with Crippen LogP contribution < -0.4 is 5.32 Å². The highest BCUT2D eigenvalue weighted by atomic mass is 15.1. The van der Waals surface area contributed by atoms with Gasteiger partial charge in [0.2, 0.25) is 0 Å². The second-order valence-electron chi connectivity index (χ2n) is 4.32. The van der Waals surface area contributed by atoms with Crippen LogP contribution >= 0.6 is 0 Å². The van der Waals surface area contributed by atoms with Crippen molar-refractivity contribution in [3.05, 3.63) is 0 Å². The molecule has 0 saturated heterocycles. The van der Waals surface area contributed by atoms with Gasteiger partial charge in [0.05, 0.1) is 5.84 Å². The molecule has 2 aliphatic rings. The lowest BCUT2D eigenvalue weighted by Gasteiger charge is -2.40. The lowest BCUT2D eigenvalue weighted by atomic mass is 9.78. The van der Waals surface area contributed by atoms with Crippen LogP contribution in [0.5, 0.6) is 0 Å². The van der Waals surface area contributed by atoms with E-state index in [1.54, 1.807) is 0 Å². The first-order valence-electron chi connectivity index (χ1n) is 5.10. The van der Waals surface area contributed by atoms with Crippen molar-refractivity contribution in [1.29, 1.82) is 0 Å². The second-order valence-corrected chi connectivity index (χ2v) is 4.32. The third-order valence-electron chi connectivity index (χ3n) is 3.03. The van der Waals surface area contributed by atoms with E-state index in [1.165, 1.54) is 44.4 Å². The average molecular weight is 166 g/mol. The predicted molar refractivity (Wildman–Crippen MR) is 51.5 cm³/mol. The number of hydrogen-bond acceptors (Lipinski definition) is 2. The Morgan fingerprint density at radius 3 is 2.58 bits per heavy atom. The number of hydrogen-bond donors (Lipinski definition) is 1. The Morgan fingerprint density at radius 2 is 2.08 bits per heavy atom. The van der Waals surface area contributed by atoms with Crippen molar-refractivity contribution in [3.63, 3.8) is 0 Å². The van der Waals surface area contributed by atoms with Gasteiger partial charge in [-0.15, -0.1) is 0 Å². The minimum Gasteiger partial charge on any atom is -0.369 e. The molecule has 0 unspecified atom stereocenters. The molecule has 2 nitrogen and oxygen atoms in total. The molecule has 68 valence electrons. The Morgan fingerprint density at radius 1 is 1.25 bits per heavy atom. The summed E-state index contributed by atoms with van der Waals surface area (Å²) in [6.07, 6.45) is 7.81. The molecule has 12 heavy (non-hydrogen) atoms. The maximum atomic E-state index is 4.50. The second kappa shape index (κ2) is 3.08. The number of aliphatic imine (C=N–C) groups is 1. The largest absolute Gasteiger partial charge is 0.369 e. The lowest BCUT2D eigenvalue weighted by Crippen LogP contribution is -2.51. The molecule has 0 bridgehead atoms. The van der Waals surface area contributed by atoms with Gasteiger partial charge >= 0.3 is 0 Å². The minimum absolute atomic E-state index is 0.399. The van der Waals surface area contributed by atoms with E-state index in [0.29, 0.717) is 5.54 Å². The molecule has 1 N–H and O–H groups in total. The number of rotatable bonds is 1. The van der Waals surface area contributed by atoms with E-state index < -0.39 is 0 Å². The fraction of sp³-hybridized carbons (Fsp3) is 0.900. The van der Waals surface area contributed by atoms with E-state index in [2.05, 4.69) is 17.2 Å². The summed E-state index contributed by atoms with van der Waals surface area (Å²) >= 11 is 0. The van der Waals surface area contributed by atoms with Crippen LogP contribution in [0.4, 0.5) is 0 Å². The quantitative estimate of drug-likeness (QED) is 0.634. The standard InChI is InChI=1S/C10H18N2/c1-10(6-4-7-10)12-9-5-2-3-8-11-9/h2-8H2,1H3,(H,11,12). The number of amidine groups is 1. The molecule has 1 aliphatic heterocycles. The first-order chi connectivity index (χ1) is 5.79. The van der Waals surface area contributed by atoms with Gasteiger partial charge in [-0.2, -0.15) is 0 Å². The highest BCUT2D eigenvalue weighted by Crippen LogP contribution is 2.31. The van der Waals surface area contributed by atoms with Crippen LogP contribution in [0, 0.1) is 0 Å². The molecular formula is C10H18N2. The molecule has 1 saturated carbocycles. The average Bonchev–Trinajstić information content (AvgIpc) is 2.04. The van der Waals surface area contributed by atoms with Crippen LogP contribution in [0.15, 0.2) is 4.99 Å². The van der Waals surface area contributed by atoms with E-state index >= 15 is 0 Å². The zero-order chi connectivity index (χ0) is 8.44. The predicted octanol–water partition coefficient (Wildman–Crippen LogP) is 2.10. The molecule has 1 fully saturated rings. The lowest BCUT2D eigenvalue weighted by molar-refractivity contribution is 0.242. The maximum absolute atomic E-state index is 4.50. The van der Waals surface area contributed by atoms with Gasteiger partial charge in [-0.1, -0.05) is 0 Å². The zero-order valence-corrected chi connectivity index (χ0v) is 7.90. The molecule has 0 aromatic heterocycles. The van der Waals surface area contributed by atoms with E-state index in [1.807, 2.05) is 0 Å². The van der Waals surface area contributed by atoms with Gasteiger partial charge in [0, 0.05) is 18.5 Å². The summed E-state index contributed by atoms with van der Waals surface area (Å²) in [5.41, 5.74) is 0.399. The minimum atomic E-state index is 0.399. The molecule has 0 aromatic carbocycles. The van der Waals surface area contributed by atoms with Crippen LogP contribution in [0.25, 0.3) is 0 Å². The fourth-order valence-corrected chi connectivity index (χ4v) is 1.98. The highest BCUT2D eigenvalue weighted by molar-refractivity contribution is 5.83. The van der Waals surface area contributed by atoms with Gasteiger partial charge in [-0.25, -0.2) is 0 Å². The van der Waals surface area contributed by atoms with Crippen LogP contribution in [-0.4, -0.2) is 17.9 Å². The number of nitrogens with one attached hydrogen (secondary N) is 1. The molecule has 1 heterocycles. The van der Waals surface area contributed by atoms with Gasteiger partial charge in [0.25, 0.3) is 0 Å². The fourth-order valence-electron chi connectivity index (χ4n) is 1.98. The molecular weight excluding hydrogens is 148 g/mol. The summed E-state index contributed by atoms with van der Waals surface area (Å²) in [6, 6.07) is 0. The summed E-state index contributed by atoms with van der Waals surface area (Å²) in [7, 11) is 0. The van der Waals surface area contributed by atoms with E-state index in [-0.39, 0.29) is 0 Å². The molecule has 0 spiro atoms. The van der Waals surface area contributed by atoms with Gasteiger partial charge in [-0.3, -0.25) is 4.99 Å². The van der Waals surface area contributed by atoms with Crippen LogP contribution in [-0.2, 0) is 0 Å². The summed E-state index contributed by atoms with van der Waals surface area (Å²) in [4.78, 5) is 4.50. The first kappa shape index (κ1) is 8.09. The Bertz CT molecular complexity index is 192. The van der Waals surface area contributed by atoms with E-state index in [0.717, 1.165) is 6.54 Å². The van der Waals surface area contributed by atoms with Gasteiger partial charge in [0.1, 0.15) is 0 Å². The molecule has 2 rings (SSSR count). The number of nitrogens with zero attached hydrogens (tertiary/aromatic N) is 1. The van der Waals surface area contributed by atoms with Crippen molar-refractivity contribution in [2.75, 3.05) is 6.54 Å². The molecule has 2 heteroatoms. The summed E-state index contributed by atoms with van der Waals surface area (Å²) in [6.45, 7) is 3.35. The van der Waals surface area contributed by atoms with Crippen LogP contribution in [0.1, 0.15) is 45.4 Å². The SMILES string of the molecule is CC1(NC2=NCCCC2)CCC1. The molecule has 1 aliphatic carbocycles. The first-order valence-corrected chi connectivity index (χ1v) is 5.10. The topological polar surface area (TPSA) is 24.4 Å². The van der Waals surface area contributed by atoms with Crippen molar-refractivity contribution in [2.45, 2.75) is 51.0 Å². The van der Waals surface area contributed by atoms with E-state index in [9.17, 15) is 0 Å². The monoisotopic (exact) mass is 166 g/mol. The summed E-state index contributed by atoms with van der Waals surface area (Å²) in [5, 5.41) is 3.58. The molecule has 0 atom stereocenters. The third kappa shape index (κ3) is 1.62. The molecule has 0 amide bonds. The summed E-state index contributed by atoms with van der Waals surface area (Å²) < 4.78 is 0. The van der Waals surface area contributed by atoms with Crippen molar-refractivity contribution in [1.82, 2.24) is 5.32 Å². The van der Waals surface area contributed by atoms with Gasteiger partial charge in [0.15, 0.2) is 0 Å². The van der Waals surface area contributed by atoms with E-state index in [4.69, 9.17) is 0 Å². The Kier molecular flexibility index (Phi) is 2.07. The van der Waals surface area contributed by atoms with Gasteiger partial charge < -0.3 is 5.32 Å². The van der Waals surface area contributed by atoms with Crippen LogP contribution in [0.3, 0.4) is 0 Å². The van der Waals surface area contributed by atoms with Gasteiger partial charge in [-0.05, 0) is 39.0 Å². The summed E-state index contributed by atoms with van der Waals surface area (Å²) in [5.74, 6) is 1.27. The van der Waals surface area contributed by atoms with Crippen LogP contribution in [0.2, 0.25) is 0 Å².